The number of hydrogen-bond acceptors (Lipinski definition) is 9. The van der Waals surface area contributed by atoms with E-state index < -0.39 is 17.5 Å². The molecule has 33 heavy (non-hydrogen) atoms. The summed E-state index contributed by atoms with van der Waals surface area (Å²) in [6.45, 7) is 0.423. The first-order valence-electron chi connectivity index (χ1n) is 10.1. The lowest BCUT2D eigenvalue weighted by Gasteiger charge is -2.16. The van der Waals surface area contributed by atoms with Gasteiger partial charge < -0.3 is 19.8 Å². The zero-order chi connectivity index (χ0) is 23.2. The molecule has 0 radical (unpaired) electrons. The molecule has 168 valence electrons. The van der Waals surface area contributed by atoms with Crippen molar-refractivity contribution >= 4 is 17.5 Å². The Bertz CT molecular complexity index is 1350. The zero-order valence-electron chi connectivity index (χ0n) is 17.7. The van der Waals surface area contributed by atoms with Crippen LogP contribution in [0.3, 0.4) is 0 Å². The fourth-order valence-corrected chi connectivity index (χ4v) is 3.58. The third-order valence-electron chi connectivity index (χ3n) is 5.47. The molecule has 0 unspecified atom stereocenters. The van der Waals surface area contributed by atoms with Gasteiger partial charge in [0.2, 0.25) is 17.5 Å². The van der Waals surface area contributed by atoms with Gasteiger partial charge in [-0.05, 0) is 18.2 Å². The molecule has 4 aromatic rings. The van der Waals surface area contributed by atoms with Crippen LogP contribution >= 0.6 is 0 Å². The molecule has 1 saturated heterocycles. The van der Waals surface area contributed by atoms with Gasteiger partial charge in [-0.3, -0.25) is 4.79 Å². The van der Waals surface area contributed by atoms with Crippen LogP contribution in [-0.4, -0.2) is 59.4 Å². The summed E-state index contributed by atoms with van der Waals surface area (Å²) in [6.07, 6.45) is 3.09. The Balaban J connectivity index is 1.42. The Morgan fingerprint density at radius 1 is 1.15 bits per heavy atom. The van der Waals surface area contributed by atoms with Crippen molar-refractivity contribution < 1.29 is 18.8 Å². The van der Waals surface area contributed by atoms with Crippen molar-refractivity contribution in [2.24, 2.45) is 7.05 Å². The van der Waals surface area contributed by atoms with Crippen LogP contribution in [0.25, 0.3) is 22.8 Å². The zero-order valence-corrected chi connectivity index (χ0v) is 17.7. The molecular formula is C21H19FN8O3. The molecule has 2 N–H and O–H groups in total. The maximum absolute atomic E-state index is 14.0. The van der Waals surface area contributed by atoms with Gasteiger partial charge >= 0.3 is 0 Å². The van der Waals surface area contributed by atoms with Crippen molar-refractivity contribution in [2.75, 3.05) is 18.9 Å². The normalized spacial score (nSPS) is 18.2. The van der Waals surface area contributed by atoms with Crippen LogP contribution in [0.1, 0.15) is 12.2 Å². The number of hydrogen-bond donors (Lipinski definition) is 2. The highest BCUT2D eigenvalue weighted by atomic mass is 19.1. The number of anilines is 2. The van der Waals surface area contributed by atoms with Gasteiger partial charge in [0.15, 0.2) is 5.76 Å². The summed E-state index contributed by atoms with van der Waals surface area (Å²) >= 11 is 0. The first kappa shape index (κ1) is 20.7. The van der Waals surface area contributed by atoms with Crippen molar-refractivity contribution in [1.82, 2.24) is 34.8 Å². The molecule has 0 spiro atoms. The lowest BCUT2D eigenvalue weighted by Crippen LogP contribution is -2.35. The predicted octanol–water partition coefficient (Wildman–Crippen LogP) is 1.86. The molecule has 12 heteroatoms. The van der Waals surface area contributed by atoms with Crippen LogP contribution in [0.15, 0.2) is 47.2 Å². The van der Waals surface area contributed by atoms with E-state index in [0.29, 0.717) is 29.3 Å². The number of likely N-dealkylation sites (N-methyl/N-ethyl adjacent to an activating group) is 1. The lowest BCUT2D eigenvalue weighted by atomic mass is 9.98. The molecule has 1 atom stereocenters. The van der Waals surface area contributed by atoms with Crippen molar-refractivity contribution in [3.05, 3.63) is 54.4 Å². The molecule has 1 aliphatic heterocycles. The predicted molar refractivity (Wildman–Crippen MR) is 113 cm³/mol. The molecule has 1 fully saturated rings. The topological polar surface area (TPSA) is 135 Å². The van der Waals surface area contributed by atoms with Crippen molar-refractivity contribution in [1.29, 1.82) is 0 Å². The number of carbonyl (C=O) groups is 1. The minimum atomic E-state index is -1.73. The Morgan fingerprint density at radius 3 is 2.61 bits per heavy atom. The summed E-state index contributed by atoms with van der Waals surface area (Å²) in [5.41, 5.74) is 0.269. The molecule has 0 aliphatic carbocycles. The number of likely N-dealkylation sites (tertiary alicyclic amines) is 1. The highest BCUT2D eigenvalue weighted by Gasteiger charge is 2.48. The summed E-state index contributed by atoms with van der Waals surface area (Å²) in [6, 6.07) is 8.43. The maximum Gasteiger partial charge on any atom is 0.262 e. The van der Waals surface area contributed by atoms with Crippen LogP contribution in [0, 0.1) is 5.95 Å². The Hall–Kier alpha value is -4.19. The third kappa shape index (κ3) is 3.59. The summed E-state index contributed by atoms with van der Waals surface area (Å²) in [5.74, 6) is -0.718. The fraction of sp³-hybridized carbons (Fsp3) is 0.238. The molecule has 0 bridgehead atoms. The summed E-state index contributed by atoms with van der Waals surface area (Å²) < 4.78 is 20.4. The van der Waals surface area contributed by atoms with Gasteiger partial charge in [0.05, 0.1) is 23.3 Å². The van der Waals surface area contributed by atoms with Gasteiger partial charge in [0.25, 0.3) is 5.91 Å². The quantitative estimate of drug-likeness (QED) is 0.467. The van der Waals surface area contributed by atoms with E-state index >= 15 is 0 Å². The van der Waals surface area contributed by atoms with E-state index in [1.807, 2.05) is 0 Å². The van der Waals surface area contributed by atoms with Gasteiger partial charge in [0, 0.05) is 39.3 Å². The van der Waals surface area contributed by atoms with E-state index in [2.05, 4.69) is 30.5 Å². The van der Waals surface area contributed by atoms with Crippen LogP contribution in [0.4, 0.5) is 16.0 Å². The first-order valence-corrected chi connectivity index (χ1v) is 10.1. The molecule has 1 aliphatic rings. The molecule has 4 aromatic heterocycles. The Morgan fingerprint density at radius 2 is 1.91 bits per heavy atom. The van der Waals surface area contributed by atoms with E-state index in [0.717, 1.165) is 4.68 Å². The van der Waals surface area contributed by atoms with Gasteiger partial charge in [-0.15, -0.1) is 0 Å². The number of aliphatic hydroxyl groups is 1. The maximum atomic E-state index is 14.0. The summed E-state index contributed by atoms with van der Waals surface area (Å²) in [5, 5.41) is 21.4. The lowest BCUT2D eigenvalue weighted by molar-refractivity contribution is -0.144. The second-order valence-corrected chi connectivity index (χ2v) is 7.68. The smallest absolute Gasteiger partial charge is 0.262 e. The van der Waals surface area contributed by atoms with Crippen LogP contribution in [0.5, 0.6) is 0 Å². The standard InChI is InChI=1S/C21H19FN8O3/c1-29-9-7-21(32,19(29)31)17-10-15(28-33-17)13-5-3-4-12(25-13)14-6-8-23-20(26-14)27-16-11-24-30(2)18(16)22/h3-6,8,10-11,32H,7,9H2,1-2H3,(H,23,26,27)/t21-/m1/s1. The number of aryl methyl sites for hydroxylation is 1. The van der Waals surface area contributed by atoms with Gasteiger partial charge in [0.1, 0.15) is 11.4 Å². The Kier molecular flexibility index (Phi) is 4.86. The summed E-state index contributed by atoms with van der Waals surface area (Å²) in [7, 11) is 3.11. The average Bonchev–Trinajstić information content (AvgIpc) is 3.52. The number of pyridine rings is 1. The minimum Gasteiger partial charge on any atom is -0.373 e. The highest BCUT2D eigenvalue weighted by molar-refractivity contribution is 5.87. The highest BCUT2D eigenvalue weighted by Crippen LogP contribution is 2.34. The molecule has 0 aromatic carbocycles. The second-order valence-electron chi connectivity index (χ2n) is 7.68. The monoisotopic (exact) mass is 450 g/mol. The van der Waals surface area contributed by atoms with E-state index in [1.165, 1.54) is 30.4 Å². The van der Waals surface area contributed by atoms with Crippen molar-refractivity contribution in [2.45, 2.75) is 12.0 Å². The van der Waals surface area contributed by atoms with Crippen LogP contribution in [0.2, 0.25) is 0 Å². The molecule has 0 saturated carbocycles. The number of amides is 1. The SMILES string of the molecule is CN1CC[C@@](O)(c2cc(-c3cccc(-c4ccnc(Nc5cnn(C)c5F)n4)n3)no2)C1=O. The largest absolute Gasteiger partial charge is 0.373 e. The van der Waals surface area contributed by atoms with Gasteiger partial charge in [-0.25, -0.2) is 19.6 Å². The average molecular weight is 450 g/mol. The summed E-state index contributed by atoms with van der Waals surface area (Å²) in [4.78, 5) is 26.8. The van der Waals surface area contributed by atoms with Crippen LogP contribution in [-0.2, 0) is 17.4 Å². The first-order chi connectivity index (χ1) is 15.8. The minimum absolute atomic E-state index is 0.0751. The number of nitrogens with zero attached hydrogens (tertiary/aromatic N) is 7. The number of aromatic nitrogens is 6. The molecule has 5 rings (SSSR count). The van der Waals surface area contributed by atoms with Crippen molar-refractivity contribution in [3.8, 4) is 22.8 Å². The van der Waals surface area contributed by atoms with Gasteiger partial charge in [-0.1, -0.05) is 11.2 Å². The van der Waals surface area contributed by atoms with Crippen LogP contribution < -0.4 is 5.32 Å². The van der Waals surface area contributed by atoms with Crippen molar-refractivity contribution in [3.63, 3.8) is 0 Å². The number of halogens is 1. The number of carbonyl (C=O) groups excluding carboxylic acids is 1. The van der Waals surface area contributed by atoms with Gasteiger partial charge in [-0.2, -0.15) is 9.49 Å². The fourth-order valence-electron chi connectivity index (χ4n) is 3.58. The van der Waals surface area contributed by atoms with E-state index in [-0.39, 0.29) is 23.8 Å². The number of rotatable bonds is 5. The third-order valence-corrected chi connectivity index (χ3v) is 5.47. The number of nitrogens with one attached hydrogen (secondary N) is 1. The molecule has 5 heterocycles. The molecule has 1 amide bonds. The Labute approximate surface area is 186 Å². The molecular weight excluding hydrogens is 431 g/mol. The van der Waals surface area contributed by atoms with E-state index in [9.17, 15) is 14.3 Å². The van der Waals surface area contributed by atoms with E-state index in [4.69, 9.17) is 4.52 Å². The van der Waals surface area contributed by atoms with E-state index in [1.54, 1.807) is 31.3 Å². The second kappa shape index (κ2) is 7.74. The molecule has 11 nitrogen and oxygen atoms in total.